The first kappa shape index (κ1) is 11.9. The fourth-order valence-corrected chi connectivity index (χ4v) is 2.18. The van der Waals surface area contributed by atoms with Gasteiger partial charge < -0.3 is 4.42 Å². The Kier molecular flexibility index (Phi) is 3.51. The van der Waals surface area contributed by atoms with Crippen molar-refractivity contribution in [2.24, 2.45) is 0 Å². The van der Waals surface area contributed by atoms with Crippen molar-refractivity contribution in [1.82, 2.24) is 20.2 Å². The van der Waals surface area contributed by atoms with Crippen molar-refractivity contribution in [3.8, 4) is 11.5 Å². The van der Waals surface area contributed by atoms with Gasteiger partial charge in [-0.3, -0.25) is 9.97 Å². The zero-order chi connectivity index (χ0) is 12.9. The van der Waals surface area contributed by atoms with Gasteiger partial charge in [0.1, 0.15) is 0 Å². The van der Waals surface area contributed by atoms with Gasteiger partial charge in [-0.15, -0.1) is 10.2 Å². The third-order valence-electron chi connectivity index (χ3n) is 2.40. The summed E-state index contributed by atoms with van der Waals surface area (Å²) in [6, 6.07) is 9.48. The van der Waals surface area contributed by atoms with Crippen LogP contribution in [0.5, 0.6) is 0 Å². The number of rotatable bonds is 4. The Hall–Kier alpha value is -2.21. The van der Waals surface area contributed by atoms with Gasteiger partial charge in [-0.25, -0.2) is 0 Å². The molecule has 0 saturated carbocycles. The predicted molar refractivity (Wildman–Crippen MR) is 71.3 cm³/mol. The van der Waals surface area contributed by atoms with Crippen LogP contribution in [0.1, 0.15) is 5.69 Å². The van der Waals surface area contributed by atoms with Crippen molar-refractivity contribution >= 4 is 11.8 Å². The lowest BCUT2D eigenvalue weighted by Crippen LogP contribution is -1.84. The first-order valence-electron chi connectivity index (χ1n) is 5.68. The van der Waals surface area contributed by atoms with E-state index in [1.807, 2.05) is 30.3 Å². The van der Waals surface area contributed by atoms with E-state index in [0.29, 0.717) is 16.9 Å². The predicted octanol–water partition coefficient (Wildman–Crippen LogP) is 2.82. The molecule has 0 N–H and O–H groups in total. The number of aromatic nitrogens is 4. The summed E-state index contributed by atoms with van der Waals surface area (Å²) in [5.41, 5.74) is 1.85. The standard InChI is InChI=1S/C13H10N4OS/c1-2-6-15-11(3-1)9-19-13-17-16-12(18-13)10-4-7-14-8-5-10/h1-8H,9H2. The highest BCUT2D eigenvalue weighted by molar-refractivity contribution is 7.98. The van der Waals surface area contributed by atoms with Crippen LogP contribution in [0.15, 0.2) is 58.6 Å². The summed E-state index contributed by atoms with van der Waals surface area (Å²) in [6.45, 7) is 0. The van der Waals surface area contributed by atoms with Crippen LogP contribution < -0.4 is 0 Å². The van der Waals surface area contributed by atoms with Gasteiger partial charge in [0.2, 0.25) is 5.89 Å². The molecule has 3 aromatic heterocycles. The number of hydrogen-bond acceptors (Lipinski definition) is 6. The summed E-state index contributed by atoms with van der Waals surface area (Å²) < 4.78 is 5.58. The average molecular weight is 270 g/mol. The molecule has 0 saturated heterocycles. The topological polar surface area (TPSA) is 64.7 Å². The molecular weight excluding hydrogens is 260 g/mol. The van der Waals surface area contributed by atoms with Crippen molar-refractivity contribution in [1.29, 1.82) is 0 Å². The minimum atomic E-state index is 0.505. The van der Waals surface area contributed by atoms with Crippen LogP contribution in [0.25, 0.3) is 11.5 Å². The van der Waals surface area contributed by atoms with E-state index < -0.39 is 0 Å². The van der Waals surface area contributed by atoms with E-state index in [0.717, 1.165) is 11.3 Å². The van der Waals surface area contributed by atoms with E-state index in [4.69, 9.17) is 4.42 Å². The van der Waals surface area contributed by atoms with E-state index >= 15 is 0 Å². The molecule has 3 aromatic rings. The molecule has 0 atom stereocenters. The van der Waals surface area contributed by atoms with Crippen LogP contribution >= 0.6 is 11.8 Å². The molecule has 19 heavy (non-hydrogen) atoms. The zero-order valence-corrected chi connectivity index (χ0v) is 10.7. The maximum Gasteiger partial charge on any atom is 0.277 e. The maximum absolute atomic E-state index is 5.58. The summed E-state index contributed by atoms with van der Waals surface area (Å²) >= 11 is 1.47. The van der Waals surface area contributed by atoms with E-state index in [9.17, 15) is 0 Å². The highest BCUT2D eigenvalue weighted by atomic mass is 32.2. The highest BCUT2D eigenvalue weighted by Gasteiger charge is 2.08. The van der Waals surface area contributed by atoms with Crippen molar-refractivity contribution in [3.05, 3.63) is 54.6 Å². The molecule has 0 spiro atoms. The minimum absolute atomic E-state index is 0.505. The zero-order valence-electron chi connectivity index (χ0n) is 9.93. The van der Waals surface area contributed by atoms with Gasteiger partial charge in [0.05, 0.1) is 5.69 Å². The average Bonchev–Trinajstić information content (AvgIpc) is 2.96. The molecule has 5 nitrogen and oxygen atoms in total. The first-order valence-corrected chi connectivity index (χ1v) is 6.67. The van der Waals surface area contributed by atoms with Crippen LogP contribution in [-0.4, -0.2) is 20.2 Å². The largest absolute Gasteiger partial charge is 0.411 e. The molecule has 0 bridgehead atoms. The lowest BCUT2D eigenvalue weighted by molar-refractivity contribution is 0.465. The summed E-state index contributed by atoms with van der Waals surface area (Å²) in [5.74, 6) is 1.21. The van der Waals surface area contributed by atoms with Crippen LogP contribution in [0.3, 0.4) is 0 Å². The summed E-state index contributed by atoms with van der Waals surface area (Å²) in [5, 5.41) is 8.56. The molecule has 0 aliphatic heterocycles. The van der Waals surface area contributed by atoms with E-state index in [-0.39, 0.29) is 0 Å². The molecule has 0 amide bonds. The second kappa shape index (κ2) is 5.62. The SMILES string of the molecule is c1ccc(CSc2nnc(-c3ccncc3)o2)nc1. The van der Waals surface area contributed by atoms with Gasteiger partial charge in [-0.05, 0) is 24.3 Å². The summed E-state index contributed by atoms with van der Waals surface area (Å²) in [7, 11) is 0. The van der Waals surface area contributed by atoms with E-state index in [1.165, 1.54) is 11.8 Å². The third kappa shape index (κ3) is 2.97. The van der Waals surface area contributed by atoms with Gasteiger partial charge in [-0.2, -0.15) is 0 Å². The Bertz CT molecular complexity index is 642. The van der Waals surface area contributed by atoms with Crippen LogP contribution in [0.2, 0.25) is 0 Å². The highest BCUT2D eigenvalue weighted by Crippen LogP contribution is 2.24. The molecule has 94 valence electrons. The quantitative estimate of drug-likeness (QED) is 0.679. The second-order valence-corrected chi connectivity index (χ2v) is 4.65. The maximum atomic E-state index is 5.58. The molecule has 0 aromatic carbocycles. The number of nitrogens with zero attached hydrogens (tertiary/aromatic N) is 4. The Morgan fingerprint density at radius 1 is 1.00 bits per heavy atom. The molecule has 6 heteroatoms. The molecule has 3 rings (SSSR count). The van der Waals surface area contributed by atoms with Crippen molar-refractivity contribution < 1.29 is 4.42 Å². The normalized spacial score (nSPS) is 10.5. The Morgan fingerprint density at radius 2 is 1.89 bits per heavy atom. The number of hydrogen-bond donors (Lipinski definition) is 0. The van der Waals surface area contributed by atoms with E-state index in [2.05, 4.69) is 20.2 Å². The molecule has 0 aliphatic carbocycles. The van der Waals surface area contributed by atoms with Crippen molar-refractivity contribution in [2.75, 3.05) is 0 Å². The van der Waals surface area contributed by atoms with Crippen LogP contribution in [0, 0.1) is 0 Å². The summed E-state index contributed by atoms with van der Waals surface area (Å²) in [6.07, 6.45) is 5.16. The Balaban J connectivity index is 1.69. The van der Waals surface area contributed by atoms with Gasteiger partial charge in [-0.1, -0.05) is 17.8 Å². The molecule has 0 aliphatic rings. The van der Waals surface area contributed by atoms with Gasteiger partial charge >= 0.3 is 0 Å². The molecule has 0 radical (unpaired) electrons. The third-order valence-corrected chi connectivity index (χ3v) is 3.26. The minimum Gasteiger partial charge on any atom is -0.411 e. The monoisotopic (exact) mass is 270 g/mol. The molecule has 0 unspecified atom stereocenters. The Morgan fingerprint density at radius 3 is 2.68 bits per heavy atom. The van der Waals surface area contributed by atoms with Crippen molar-refractivity contribution in [2.45, 2.75) is 11.0 Å². The molecule has 3 heterocycles. The first-order chi connectivity index (χ1) is 9.42. The fourth-order valence-electron chi connectivity index (χ4n) is 1.50. The fraction of sp³-hybridized carbons (Fsp3) is 0.0769. The van der Waals surface area contributed by atoms with Gasteiger partial charge in [0, 0.05) is 29.9 Å². The van der Waals surface area contributed by atoms with Crippen molar-refractivity contribution in [3.63, 3.8) is 0 Å². The van der Waals surface area contributed by atoms with Crippen LogP contribution in [-0.2, 0) is 5.75 Å². The number of thioether (sulfide) groups is 1. The lowest BCUT2D eigenvalue weighted by atomic mass is 10.3. The van der Waals surface area contributed by atoms with Gasteiger partial charge in [0.25, 0.3) is 5.22 Å². The number of pyridine rings is 2. The second-order valence-electron chi connectivity index (χ2n) is 3.72. The van der Waals surface area contributed by atoms with Gasteiger partial charge in [0.15, 0.2) is 0 Å². The lowest BCUT2D eigenvalue weighted by Gasteiger charge is -1.95. The summed E-state index contributed by atoms with van der Waals surface area (Å²) in [4.78, 5) is 8.19. The molecule has 0 fully saturated rings. The van der Waals surface area contributed by atoms with E-state index in [1.54, 1.807) is 18.6 Å². The molecular formula is C13H10N4OS. The smallest absolute Gasteiger partial charge is 0.277 e. The van der Waals surface area contributed by atoms with Crippen LogP contribution in [0.4, 0.5) is 0 Å². The Labute approximate surface area is 114 Å².